The van der Waals surface area contributed by atoms with Gasteiger partial charge in [0.1, 0.15) is 0 Å². The van der Waals surface area contributed by atoms with Gasteiger partial charge < -0.3 is 0 Å². The third-order valence-electron chi connectivity index (χ3n) is 7.94. The Morgan fingerprint density at radius 1 is 0.390 bits per heavy atom. The SMILES string of the molecule is CCCCC/C=C\C/C=C\CCCCCCCCC(=CCCBr)CCCCCCCC/C=C\C/C=C\CCCCC. The zero-order valence-corrected chi connectivity index (χ0v) is 29.5. The van der Waals surface area contributed by atoms with Gasteiger partial charge in [-0.1, -0.05) is 167 Å². The molecule has 0 N–H and O–H groups in total. The topological polar surface area (TPSA) is 0 Å². The van der Waals surface area contributed by atoms with Crippen LogP contribution in [0.2, 0.25) is 0 Å². The Morgan fingerprint density at radius 3 is 1.10 bits per heavy atom. The molecule has 238 valence electrons. The molecule has 0 aromatic carbocycles. The van der Waals surface area contributed by atoms with Crippen molar-refractivity contribution in [2.24, 2.45) is 0 Å². The minimum Gasteiger partial charge on any atom is -0.0925 e. The van der Waals surface area contributed by atoms with E-state index in [1.165, 1.54) is 161 Å². The normalized spacial score (nSPS) is 12.2. The predicted octanol–water partition coefficient (Wildman–Crippen LogP) is 15.1. The van der Waals surface area contributed by atoms with Crippen molar-refractivity contribution in [3.8, 4) is 0 Å². The highest BCUT2D eigenvalue weighted by molar-refractivity contribution is 9.09. The molecule has 0 saturated carbocycles. The van der Waals surface area contributed by atoms with Crippen LogP contribution in [0.5, 0.6) is 0 Å². The summed E-state index contributed by atoms with van der Waals surface area (Å²) in [4.78, 5) is 0. The monoisotopic (exact) mass is 630 g/mol. The van der Waals surface area contributed by atoms with Gasteiger partial charge in [-0.05, 0) is 96.3 Å². The third-order valence-corrected chi connectivity index (χ3v) is 8.40. The maximum atomic E-state index is 3.62. The molecule has 0 saturated heterocycles. The molecule has 0 rings (SSSR count). The lowest BCUT2D eigenvalue weighted by Crippen LogP contribution is -1.89. The molecule has 0 aliphatic carbocycles. The lowest BCUT2D eigenvalue weighted by Gasteiger charge is -2.08. The third kappa shape index (κ3) is 35.3. The number of hydrogen-bond acceptors (Lipinski definition) is 0. The van der Waals surface area contributed by atoms with Gasteiger partial charge in [0.15, 0.2) is 0 Å². The lowest BCUT2D eigenvalue weighted by molar-refractivity contribution is 0.575. The average molecular weight is 632 g/mol. The molecule has 0 amide bonds. The zero-order valence-electron chi connectivity index (χ0n) is 27.9. The van der Waals surface area contributed by atoms with Crippen LogP contribution in [-0.4, -0.2) is 5.33 Å². The van der Waals surface area contributed by atoms with E-state index in [0.29, 0.717) is 0 Å². The summed E-state index contributed by atoms with van der Waals surface area (Å²) in [6.07, 6.45) is 57.4. The van der Waals surface area contributed by atoms with Gasteiger partial charge in [-0.3, -0.25) is 0 Å². The van der Waals surface area contributed by atoms with Crippen LogP contribution in [0.4, 0.5) is 0 Å². The summed E-state index contributed by atoms with van der Waals surface area (Å²) in [6, 6.07) is 0. The first kappa shape index (κ1) is 40.2. The highest BCUT2D eigenvalue weighted by Gasteiger charge is 2.00. The average Bonchev–Trinajstić information content (AvgIpc) is 2.98. The quantitative estimate of drug-likeness (QED) is 0.0394. The molecule has 0 radical (unpaired) electrons. The van der Waals surface area contributed by atoms with Crippen molar-refractivity contribution in [2.75, 3.05) is 5.33 Å². The Bertz CT molecular complexity index is 585. The summed E-state index contributed by atoms with van der Waals surface area (Å²) >= 11 is 3.62. The number of halogens is 1. The number of hydrogen-bond donors (Lipinski definition) is 0. The Labute approximate surface area is 267 Å². The highest BCUT2D eigenvalue weighted by atomic mass is 79.9. The van der Waals surface area contributed by atoms with Crippen molar-refractivity contribution in [1.29, 1.82) is 0 Å². The second kappa shape index (κ2) is 37.2. The fourth-order valence-corrected chi connectivity index (χ4v) is 5.50. The van der Waals surface area contributed by atoms with E-state index in [-0.39, 0.29) is 0 Å². The van der Waals surface area contributed by atoms with Crippen molar-refractivity contribution in [1.82, 2.24) is 0 Å². The van der Waals surface area contributed by atoms with E-state index in [4.69, 9.17) is 0 Å². The van der Waals surface area contributed by atoms with Crippen LogP contribution in [0.25, 0.3) is 0 Å². The van der Waals surface area contributed by atoms with E-state index in [1.807, 2.05) is 0 Å². The Balaban J connectivity index is 3.64. The van der Waals surface area contributed by atoms with E-state index in [2.05, 4.69) is 84.5 Å². The first-order valence-corrected chi connectivity index (χ1v) is 19.3. The molecule has 0 atom stereocenters. The van der Waals surface area contributed by atoms with Crippen molar-refractivity contribution in [2.45, 2.75) is 187 Å². The fourth-order valence-electron chi connectivity index (χ4n) is 5.27. The molecular weight excluding hydrogens is 560 g/mol. The van der Waals surface area contributed by atoms with Gasteiger partial charge in [-0.25, -0.2) is 0 Å². The smallest absolute Gasteiger partial charge is 0.00660 e. The summed E-state index contributed by atoms with van der Waals surface area (Å²) in [6.45, 7) is 4.54. The Hall–Kier alpha value is -0.820. The molecule has 0 aliphatic heterocycles. The van der Waals surface area contributed by atoms with Crippen LogP contribution >= 0.6 is 15.9 Å². The number of rotatable bonds is 32. The minimum atomic E-state index is 1.10. The Morgan fingerprint density at radius 2 is 0.732 bits per heavy atom. The van der Waals surface area contributed by atoms with Crippen molar-refractivity contribution < 1.29 is 0 Å². The number of unbranched alkanes of at least 4 members (excludes halogenated alkanes) is 18. The molecule has 0 bridgehead atoms. The zero-order chi connectivity index (χ0) is 29.7. The van der Waals surface area contributed by atoms with E-state index in [0.717, 1.165) is 18.2 Å². The summed E-state index contributed by atoms with van der Waals surface area (Å²) in [5.74, 6) is 0. The maximum absolute atomic E-state index is 3.62. The maximum Gasteiger partial charge on any atom is 0.00660 e. The van der Waals surface area contributed by atoms with E-state index >= 15 is 0 Å². The van der Waals surface area contributed by atoms with Crippen LogP contribution in [0.3, 0.4) is 0 Å². The summed E-state index contributed by atoms with van der Waals surface area (Å²) < 4.78 is 0. The van der Waals surface area contributed by atoms with Crippen LogP contribution in [0, 0.1) is 0 Å². The minimum absolute atomic E-state index is 1.10. The standard InChI is InChI=1S/C40H71Br/c1-3-5-7-9-11-13-15-17-19-21-23-25-27-29-31-33-36-40(38-35-39-41)37-34-32-30-28-26-24-22-20-18-16-14-12-10-8-6-4-2/h11-14,17-20,38H,3-10,15-16,21-37,39H2,1-2H3/b13-11-,14-12-,19-17-,20-18-. The highest BCUT2D eigenvalue weighted by Crippen LogP contribution is 2.20. The molecule has 0 unspecified atom stereocenters. The molecule has 0 fully saturated rings. The first-order chi connectivity index (χ1) is 20.3. The van der Waals surface area contributed by atoms with Crippen LogP contribution in [-0.2, 0) is 0 Å². The summed E-state index contributed by atoms with van der Waals surface area (Å²) in [5.41, 5.74) is 1.73. The predicted molar refractivity (Wildman–Crippen MR) is 194 cm³/mol. The van der Waals surface area contributed by atoms with Gasteiger partial charge in [-0.2, -0.15) is 0 Å². The van der Waals surface area contributed by atoms with Crippen LogP contribution in [0.1, 0.15) is 187 Å². The molecule has 0 spiro atoms. The van der Waals surface area contributed by atoms with Crippen LogP contribution < -0.4 is 0 Å². The Kier molecular flexibility index (Phi) is 36.5. The van der Waals surface area contributed by atoms with Crippen molar-refractivity contribution in [3.63, 3.8) is 0 Å². The number of allylic oxidation sites excluding steroid dienone is 10. The van der Waals surface area contributed by atoms with E-state index < -0.39 is 0 Å². The molecule has 0 aliphatic rings. The molecule has 41 heavy (non-hydrogen) atoms. The van der Waals surface area contributed by atoms with E-state index in [9.17, 15) is 0 Å². The summed E-state index contributed by atoms with van der Waals surface area (Å²) in [5, 5.41) is 1.10. The van der Waals surface area contributed by atoms with Gasteiger partial charge in [0.25, 0.3) is 0 Å². The molecule has 1 heteroatoms. The van der Waals surface area contributed by atoms with Gasteiger partial charge in [0.05, 0.1) is 0 Å². The van der Waals surface area contributed by atoms with Gasteiger partial charge in [0, 0.05) is 5.33 Å². The molecule has 0 aromatic rings. The molecular formula is C40H71Br. The van der Waals surface area contributed by atoms with E-state index in [1.54, 1.807) is 5.57 Å². The molecule has 0 aromatic heterocycles. The van der Waals surface area contributed by atoms with Gasteiger partial charge in [0.2, 0.25) is 0 Å². The first-order valence-electron chi connectivity index (χ1n) is 18.2. The largest absolute Gasteiger partial charge is 0.0925 e. The van der Waals surface area contributed by atoms with Gasteiger partial charge in [-0.15, -0.1) is 0 Å². The van der Waals surface area contributed by atoms with Crippen molar-refractivity contribution in [3.05, 3.63) is 60.3 Å². The molecule has 0 heterocycles. The molecule has 0 nitrogen and oxygen atoms in total. The van der Waals surface area contributed by atoms with Gasteiger partial charge >= 0.3 is 0 Å². The lowest BCUT2D eigenvalue weighted by atomic mass is 9.98. The summed E-state index contributed by atoms with van der Waals surface area (Å²) in [7, 11) is 0. The second-order valence-electron chi connectivity index (χ2n) is 12.0. The fraction of sp³-hybridized carbons (Fsp3) is 0.750. The van der Waals surface area contributed by atoms with Crippen LogP contribution in [0.15, 0.2) is 60.3 Å². The van der Waals surface area contributed by atoms with Crippen molar-refractivity contribution >= 4 is 15.9 Å². The number of alkyl halides is 1. The second-order valence-corrected chi connectivity index (χ2v) is 12.8.